The molecule has 2 N–H and O–H groups in total. The lowest BCUT2D eigenvalue weighted by Crippen LogP contribution is -2.54. The summed E-state index contributed by atoms with van der Waals surface area (Å²) < 4.78 is 6.45. The second-order valence-electron chi connectivity index (χ2n) is 7.77. The van der Waals surface area contributed by atoms with Crippen LogP contribution in [0, 0.1) is 6.92 Å². The van der Waals surface area contributed by atoms with Gasteiger partial charge in [-0.1, -0.05) is 35.9 Å². The number of thiocarbonyl (C=S) groups is 1. The Kier molecular flexibility index (Phi) is 7.09. The molecule has 1 aliphatic rings. The molecule has 2 amide bonds. The van der Waals surface area contributed by atoms with Gasteiger partial charge in [0, 0.05) is 0 Å². The highest BCUT2D eigenvalue weighted by atomic mass is 79.9. The maximum Gasteiger partial charge on any atom is 0.335 e. The van der Waals surface area contributed by atoms with Crippen molar-refractivity contribution in [3.05, 3.63) is 99.0 Å². The first-order valence-corrected chi connectivity index (χ1v) is 11.7. The van der Waals surface area contributed by atoms with E-state index in [1.807, 2.05) is 19.1 Å². The molecule has 7 nitrogen and oxygen atoms in total. The number of aryl methyl sites for hydroxylation is 1. The van der Waals surface area contributed by atoms with Gasteiger partial charge in [0.15, 0.2) is 5.11 Å². The summed E-state index contributed by atoms with van der Waals surface area (Å²) in [5, 5.41) is 11.6. The summed E-state index contributed by atoms with van der Waals surface area (Å²) >= 11 is 8.70. The van der Waals surface area contributed by atoms with Crippen LogP contribution >= 0.6 is 28.1 Å². The van der Waals surface area contributed by atoms with Crippen LogP contribution in [0.25, 0.3) is 6.08 Å². The molecule has 1 heterocycles. The van der Waals surface area contributed by atoms with Crippen LogP contribution in [-0.4, -0.2) is 28.0 Å². The minimum absolute atomic E-state index is 0.0299. The van der Waals surface area contributed by atoms with Crippen molar-refractivity contribution in [2.45, 2.75) is 13.5 Å². The van der Waals surface area contributed by atoms with Crippen molar-refractivity contribution in [2.24, 2.45) is 0 Å². The molecule has 3 aromatic carbocycles. The number of carboxylic acids is 1. The molecule has 3 aromatic rings. The quantitative estimate of drug-likeness (QED) is 0.258. The fourth-order valence-corrected chi connectivity index (χ4v) is 4.17. The number of hydrogen-bond acceptors (Lipinski definition) is 5. The molecule has 1 aliphatic heterocycles. The van der Waals surface area contributed by atoms with Gasteiger partial charge in [-0.15, -0.1) is 0 Å². The maximum atomic E-state index is 13.1. The van der Waals surface area contributed by atoms with Crippen molar-refractivity contribution < 1.29 is 24.2 Å². The second-order valence-corrected chi connectivity index (χ2v) is 9.02. The fraction of sp³-hybridized carbons (Fsp3) is 0.0769. The van der Waals surface area contributed by atoms with E-state index in [9.17, 15) is 14.4 Å². The molecule has 0 aliphatic carbocycles. The summed E-state index contributed by atoms with van der Waals surface area (Å²) in [6.45, 7) is 2.18. The first kappa shape index (κ1) is 24.3. The Morgan fingerprint density at radius 2 is 1.77 bits per heavy atom. The Hall–Kier alpha value is -3.82. The number of carbonyl (C=O) groups excluding carboxylic acids is 2. The summed E-state index contributed by atoms with van der Waals surface area (Å²) in [6.07, 6.45) is 1.50. The summed E-state index contributed by atoms with van der Waals surface area (Å²) in [7, 11) is 0. The van der Waals surface area contributed by atoms with E-state index >= 15 is 0 Å². The van der Waals surface area contributed by atoms with Gasteiger partial charge in [-0.3, -0.25) is 19.8 Å². The molecule has 0 bridgehead atoms. The number of rotatable bonds is 6. The van der Waals surface area contributed by atoms with Gasteiger partial charge in [-0.05, 0) is 88.7 Å². The van der Waals surface area contributed by atoms with Gasteiger partial charge >= 0.3 is 5.97 Å². The predicted molar refractivity (Wildman–Crippen MR) is 139 cm³/mol. The number of aromatic carboxylic acids is 1. The molecular weight excluding hydrogens is 532 g/mol. The zero-order valence-electron chi connectivity index (χ0n) is 18.4. The molecule has 0 saturated carbocycles. The number of amides is 2. The van der Waals surface area contributed by atoms with Gasteiger partial charge in [0.2, 0.25) is 0 Å². The summed E-state index contributed by atoms with van der Waals surface area (Å²) in [6, 6.07) is 18.9. The van der Waals surface area contributed by atoms with Crippen molar-refractivity contribution >= 4 is 62.8 Å². The predicted octanol–water partition coefficient (Wildman–Crippen LogP) is 4.87. The summed E-state index contributed by atoms with van der Waals surface area (Å²) in [4.78, 5) is 38.0. The molecule has 9 heteroatoms. The number of benzene rings is 3. The van der Waals surface area contributed by atoms with Crippen molar-refractivity contribution in [2.75, 3.05) is 4.90 Å². The minimum atomic E-state index is -0.987. The molecular formula is C26H19BrN2O5S. The number of nitrogens with one attached hydrogen (secondary N) is 1. The van der Waals surface area contributed by atoms with Crippen molar-refractivity contribution in [1.29, 1.82) is 0 Å². The van der Waals surface area contributed by atoms with E-state index in [1.165, 1.54) is 23.1 Å². The molecule has 0 atom stereocenters. The second kappa shape index (κ2) is 10.2. The van der Waals surface area contributed by atoms with Crippen molar-refractivity contribution in [1.82, 2.24) is 5.32 Å². The third kappa shape index (κ3) is 5.47. The Morgan fingerprint density at radius 1 is 1.09 bits per heavy atom. The van der Waals surface area contributed by atoms with Crippen LogP contribution in [0.5, 0.6) is 5.75 Å². The Morgan fingerprint density at radius 3 is 2.40 bits per heavy atom. The topological polar surface area (TPSA) is 95.9 Å². The number of anilines is 1. The van der Waals surface area contributed by atoms with Crippen molar-refractivity contribution in [3.63, 3.8) is 0 Å². The number of carbonyl (C=O) groups is 3. The molecule has 35 heavy (non-hydrogen) atoms. The van der Waals surface area contributed by atoms with Gasteiger partial charge in [-0.25, -0.2) is 4.79 Å². The fourth-order valence-electron chi connectivity index (χ4n) is 3.38. The van der Waals surface area contributed by atoms with E-state index in [-0.39, 0.29) is 22.9 Å². The molecule has 0 unspecified atom stereocenters. The molecule has 4 rings (SSSR count). The Labute approximate surface area is 215 Å². The zero-order chi connectivity index (χ0) is 25.1. The van der Waals surface area contributed by atoms with Gasteiger partial charge in [0.25, 0.3) is 11.8 Å². The van der Waals surface area contributed by atoms with Crippen LogP contribution in [0.1, 0.15) is 27.0 Å². The average molecular weight is 551 g/mol. The number of halogens is 1. The third-order valence-corrected chi connectivity index (χ3v) is 6.16. The Balaban J connectivity index is 1.52. The summed E-state index contributed by atoms with van der Waals surface area (Å²) in [5.41, 5.74) is 3.19. The summed E-state index contributed by atoms with van der Waals surface area (Å²) in [5.74, 6) is -1.51. The third-order valence-electron chi connectivity index (χ3n) is 5.26. The first-order valence-electron chi connectivity index (χ1n) is 10.5. The van der Waals surface area contributed by atoms with E-state index < -0.39 is 17.8 Å². The molecule has 0 radical (unpaired) electrons. The van der Waals surface area contributed by atoms with E-state index in [2.05, 4.69) is 21.2 Å². The molecule has 0 aromatic heterocycles. The molecule has 1 saturated heterocycles. The highest BCUT2D eigenvalue weighted by molar-refractivity contribution is 9.10. The lowest BCUT2D eigenvalue weighted by Gasteiger charge is -2.29. The highest BCUT2D eigenvalue weighted by Gasteiger charge is 2.34. The monoisotopic (exact) mass is 550 g/mol. The molecule has 176 valence electrons. The first-order chi connectivity index (χ1) is 16.7. The molecule has 0 spiro atoms. The smallest absolute Gasteiger partial charge is 0.335 e. The van der Waals surface area contributed by atoms with E-state index in [4.69, 9.17) is 22.1 Å². The lowest BCUT2D eigenvalue weighted by atomic mass is 10.1. The standard InChI is InChI=1S/C26H19BrN2O5S/c1-15-2-9-19(10-3-15)29-24(31)20(23(30)28-26(29)35)12-17-6-11-22(21(27)13-17)34-14-16-4-7-18(8-5-16)25(32)33/h2-13H,14H2,1H3,(H,32,33)(H,28,30,35)/b20-12+. The van der Waals surface area contributed by atoms with Crippen LogP contribution < -0.4 is 15.0 Å². The highest BCUT2D eigenvalue weighted by Crippen LogP contribution is 2.29. The maximum absolute atomic E-state index is 13.1. The zero-order valence-corrected chi connectivity index (χ0v) is 20.9. The van der Waals surface area contributed by atoms with Crippen LogP contribution in [-0.2, 0) is 16.2 Å². The van der Waals surface area contributed by atoms with Gasteiger partial charge in [0.1, 0.15) is 17.9 Å². The number of carboxylic acid groups (broad SMARTS) is 1. The van der Waals surface area contributed by atoms with Crippen LogP contribution in [0.4, 0.5) is 5.69 Å². The number of hydrogen-bond donors (Lipinski definition) is 2. The minimum Gasteiger partial charge on any atom is -0.488 e. The van der Waals surface area contributed by atoms with Gasteiger partial charge < -0.3 is 9.84 Å². The van der Waals surface area contributed by atoms with Gasteiger partial charge in [0.05, 0.1) is 15.7 Å². The largest absolute Gasteiger partial charge is 0.488 e. The number of nitrogens with zero attached hydrogens (tertiary/aromatic N) is 1. The Bertz CT molecular complexity index is 1370. The normalized spacial score (nSPS) is 14.7. The molecule has 1 fully saturated rings. The van der Waals surface area contributed by atoms with Crippen LogP contribution in [0.3, 0.4) is 0 Å². The number of ether oxygens (including phenoxy) is 1. The van der Waals surface area contributed by atoms with E-state index in [1.54, 1.807) is 42.5 Å². The van der Waals surface area contributed by atoms with Crippen molar-refractivity contribution in [3.8, 4) is 5.75 Å². The van der Waals surface area contributed by atoms with E-state index in [0.717, 1.165) is 11.1 Å². The van der Waals surface area contributed by atoms with Crippen LogP contribution in [0.2, 0.25) is 0 Å². The van der Waals surface area contributed by atoms with Crippen LogP contribution in [0.15, 0.2) is 76.8 Å². The average Bonchev–Trinajstić information content (AvgIpc) is 2.82. The van der Waals surface area contributed by atoms with Gasteiger partial charge in [-0.2, -0.15) is 0 Å². The SMILES string of the molecule is Cc1ccc(N2C(=O)/C(=C/c3ccc(OCc4ccc(C(=O)O)cc4)c(Br)c3)C(=O)NC2=S)cc1. The van der Waals surface area contributed by atoms with E-state index in [0.29, 0.717) is 21.5 Å². The lowest BCUT2D eigenvalue weighted by molar-refractivity contribution is -0.122.